The summed E-state index contributed by atoms with van der Waals surface area (Å²) in [6.45, 7) is 0. The van der Waals surface area contributed by atoms with Gasteiger partial charge in [-0.3, -0.25) is 5.32 Å². The molecule has 2 N–H and O–H groups in total. The number of rotatable bonds is 2. The number of thiazole rings is 1. The average Bonchev–Trinajstić information content (AvgIpc) is 3.07. The van der Waals surface area contributed by atoms with Crippen LogP contribution in [0.1, 0.15) is 38.5 Å². The van der Waals surface area contributed by atoms with E-state index in [1.54, 1.807) is 0 Å². The van der Waals surface area contributed by atoms with Crippen molar-refractivity contribution >= 4 is 32.7 Å². The van der Waals surface area contributed by atoms with Crippen LogP contribution in [0.2, 0.25) is 0 Å². The fourth-order valence-corrected chi connectivity index (χ4v) is 6.45. The second-order valence-electron chi connectivity index (χ2n) is 8.12. The minimum Gasteiger partial charge on any atom is -0.335 e. The molecule has 1 aromatic heterocycles. The summed E-state index contributed by atoms with van der Waals surface area (Å²) in [5.74, 6) is 1.77. The van der Waals surface area contributed by atoms with Crippen LogP contribution in [0.4, 0.5) is 18.7 Å². The molecule has 3 bridgehead atoms. The molecule has 0 aliphatic heterocycles. The number of carbonyl (C=O) groups is 1. The summed E-state index contributed by atoms with van der Waals surface area (Å²) in [6.07, 6.45) is 7.46. The molecule has 26 heavy (non-hydrogen) atoms. The second kappa shape index (κ2) is 6.15. The Balaban J connectivity index is 1.28. The quantitative estimate of drug-likeness (QED) is 0.781. The number of nitrogens with zero attached hydrogens (tertiary/aromatic N) is 1. The first-order valence-electron chi connectivity index (χ1n) is 9.38. The van der Waals surface area contributed by atoms with Crippen molar-refractivity contribution in [3.05, 3.63) is 23.8 Å². The lowest BCUT2D eigenvalue weighted by molar-refractivity contribution is 0.206. The maximum absolute atomic E-state index is 13.8. The Bertz CT molecular complexity index is 870. The van der Waals surface area contributed by atoms with Gasteiger partial charge in [-0.25, -0.2) is 18.6 Å². The Morgan fingerprint density at radius 1 is 1.08 bits per heavy atom. The first-order chi connectivity index (χ1) is 12.5. The molecule has 3 fully saturated rings. The van der Waals surface area contributed by atoms with Crippen molar-refractivity contribution in [3.63, 3.8) is 0 Å². The topological polar surface area (TPSA) is 54.0 Å². The largest absolute Gasteiger partial charge is 0.335 e. The summed E-state index contributed by atoms with van der Waals surface area (Å²) in [7, 11) is 0. The molecule has 0 saturated heterocycles. The van der Waals surface area contributed by atoms with Gasteiger partial charge >= 0.3 is 6.03 Å². The van der Waals surface area contributed by atoms with Crippen LogP contribution in [0.5, 0.6) is 0 Å². The van der Waals surface area contributed by atoms with E-state index in [4.69, 9.17) is 0 Å². The fourth-order valence-electron chi connectivity index (χ4n) is 5.55. The van der Waals surface area contributed by atoms with Gasteiger partial charge in [-0.05, 0) is 68.3 Å². The van der Waals surface area contributed by atoms with E-state index >= 15 is 0 Å². The highest BCUT2D eigenvalue weighted by molar-refractivity contribution is 7.22. The number of nitrogens with one attached hydrogen (secondary N) is 2. The van der Waals surface area contributed by atoms with Gasteiger partial charge in [0.25, 0.3) is 0 Å². The third-order valence-corrected chi connectivity index (χ3v) is 7.47. The van der Waals surface area contributed by atoms with E-state index in [9.17, 15) is 13.6 Å². The lowest BCUT2D eigenvalue weighted by atomic mass is 9.78. The molecule has 3 saturated carbocycles. The van der Waals surface area contributed by atoms with Crippen molar-refractivity contribution in [2.75, 3.05) is 5.32 Å². The summed E-state index contributed by atoms with van der Waals surface area (Å²) in [6, 6.07) is 1.95. The van der Waals surface area contributed by atoms with Gasteiger partial charge in [0.05, 0.1) is 4.70 Å². The maximum Gasteiger partial charge on any atom is 0.321 e. The van der Waals surface area contributed by atoms with Crippen LogP contribution in [0.3, 0.4) is 0 Å². The lowest BCUT2D eigenvalue weighted by Gasteiger charge is -2.33. The zero-order chi connectivity index (χ0) is 17.8. The van der Waals surface area contributed by atoms with Crippen LogP contribution in [0.15, 0.2) is 12.1 Å². The van der Waals surface area contributed by atoms with Gasteiger partial charge in [0.2, 0.25) is 0 Å². The lowest BCUT2D eigenvalue weighted by Crippen LogP contribution is -2.43. The van der Waals surface area contributed by atoms with Gasteiger partial charge in [-0.15, -0.1) is 0 Å². The normalized spacial score (nSPS) is 32.6. The highest BCUT2D eigenvalue weighted by Crippen LogP contribution is 2.53. The van der Waals surface area contributed by atoms with Crippen LogP contribution in [0, 0.1) is 35.3 Å². The van der Waals surface area contributed by atoms with Crippen LogP contribution in [0.25, 0.3) is 10.2 Å². The molecule has 5 rings (SSSR count). The second-order valence-corrected chi connectivity index (χ2v) is 9.16. The number of anilines is 1. The number of benzene rings is 1. The standard InChI is InChI=1S/C19H21F2N3OS/c20-13-7-14(21)17-16(8-13)26-19(23-17)24-18(25)22-15-2-1-10-3-9-4-11(10)6-12(15)5-9/h7-12,15H,1-6H2,(H2,22,23,24,25). The first kappa shape index (κ1) is 16.4. The number of halogens is 2. The fraction of sp³-hybridized carbons (Fsp3) is 0.579. The smallest absolute Gasteiger partial charge is 0.321 e. The highest BCUT2D eigenvalue weighted by Gasteiger charge is 2.45. The molecule has 7 heteroatoms. The molecule has 1 heterocycles. The van der Waals surface area contributed by atoms with E-state index in [2.05, 4.69) is 15.6 Å². The van der Waals surface area contributed by atoms with Gasteiger partial charge < -0.3 is 5.32 Å². The number of hydrogen-bond donors (Lipinski definition) is 2. The van der Waals surface area contributed by atoms with Crippen LogP contribution >= 0.6 is 11.3 Å². The molecule has 3 aliphatic rings. The van der Waals surface area contributed by atoms with Gasteiger partial charge in [-0.2, -0.15) is 0 Å². The minimum atomic E-state index is -0.707. The van der Waals surface area contributed by atoms with Crippen LogP contribution < -0.4 is 10.6 Å². The highest BCUT2D eigenvalue weighted by atomic mass is 32.1. The molecular weight excluding hydrogens is 356 g/mol. The van der Waals surface area contributed by atoms with Crippen molar-refractivity contribution in [2.45, 2.75) is 44.6 Å². The number of urea groups is 1. The SMILES string of the molecule is O=C(Nc1nc2c(F)cc(F)cc2s1)NC1CCC2CC3CC2CC1C3. The minimum absolute atomic E-state index is 0.0939. The van der Waals surface area contributed by atoms with Crippen molar-refractivity contribution in [3.8, 4) is 0 Å². The molecule has 0 radical (unpaired) electrons. The van der Waals surface area contributed by atoms with E-state index in [0.29, 0.717) is 15.7 Å². The molecular formula is C19H21F2N3OS. The van der Waals surface area contributed by atoms with Crippen molar-refractivity contribution < 1.29 is 13.6 Å². The number of carbonyl (C=O) groups excluding carboxylic acids is 1. The number of amides is 2. The van der Waals surface area contributed by atoms with E-state index in [-0.39, 0.29) is 17.6 Å². The zero-order valence-electron chi connectivity index (χ0n) is 14.3. The third-order valence-electron chi connectivity index (χ3n) is 6.55. The van der Waals surface area contributed by atoms with Gasteiger partial charge in [-0.1, -0.05) is 11.3 Å². The summed E-state index contributed by atoms with van der Waals surface area (Å²) in [5, 5.41) is 6.13. The Hall–Kier alpha value is -1.76. The van der Waals surface area contributed by atoms with E-state index < -0.39 is 11.6 Å². The number of aromatic nitrogens is 1. The summed E-state index contributed by atoms with van der Waals surface area (Å²) in [4.78, 5) is 16.5. The Labute approximate surface area is 154 Å². The maximum atomic E-state index is 13.8. The summed E-state index contributed by atoms with van der Waals surface area (Å²) in [5.41, 5.74) is 0.0939. The van der Waals surface area contributed by atoms with Gasteiger partial charge in [0.15, 0.2) is 10.9 Å². The van der Waals surface area contributed by atoms with Crippen LogP contribution in [-0.4, -0.2) is 17.1 Å². The molecule has 2 aromatic rings. The van der Waals surface area contributed by atoms with E-state index in [1.807, 2.05) is 0 Å². The van der Waals surface area contributed by atoms with Crippen molar-refractivity contribution in [2.24, 2.45) is 23.7 Å². The van der Waals surface area contributed by atoms with Gasteiger partial charge in [0, 0.05) is 12.1 Å². The van der Waals surface area contributed by atoms with Crippen molar-refractivity contribution in [1.82, 2.24) is 10.3 Å². The Kier molecular flexibility index (Phi) is 3.88. The molecule has 0 spiro atoms. The summed E-state index contributed by atoms with van der Waals surface area (Å²) >= 11 is 1.08. The zero-order valence-corrected chi connectivity index (χ0v) is 15.1. The van der Waals surface area contributed by atoms with E-state index in [1.165, 1.54) is 38.2 Å². The molecule has 5 unspecified atom stereocenters. The molecule has 2 amide bonds. The van der Waals surface area contributed by atoms with E-state index in [0.717, 1.165) is 41.6 Å². The predicted molar refractivity (Wildman–Crippen MR) is 97.1 cm³/mol. The molecule has 3 aliphatic carbocycles. The monoisotopic (exact) mass is 377 g/mol. The predicted octanol–water partition coefficient (Wildman–Crippen LogP) is 4.91. The molecule has 138 valence electrons. The summed E-state index contributed by atoms with van der Waals surface area (Å²) < 4.78 is 27.5. The number of fused-ring (bicyclic) bond motifs is 3. The Morgan fingerprint density at radius 3 is 2.77 bits per heavy atom. The van der Waals surface area contributed by atoms with Crippen molar-refractivity contribution in [1.29, 1.82) is 0 Å². The van der Waals surface area contributed by atoms with Crippen LogP contribution in [-0.2, 0) is 0 Å². The molecule has 5 atom stereocenters. The molecule has 4 nitrogen and oxygen atoms in total. The average molecular weight is 377 g/mol. The third kappa shape index (κ3) is 2.86. The van der Waals surface area contributed by atoms with Gasteiger partial charge in [0.1, 0.15) is 11.3 Å². The Morgan fingerprint density at radius 2 is 1.88 bits per heavy atom. The molecule has 1 aromatic carbocycles. The first-order valence-corrected chi connectivity index (χ1v) is 10.2. The number of hydrogen-bond acceptors (Lipinski definition) is 3.